The highest BCUT2D eigenvalue weighted by Crippen LogP contribution is 2.33. The van der Waals surface area contributed by atoms with Crippen LogP contribution in [0, 0.1) is 6.92 Å². The van der Waals surface area contributed by atoms with Crippen LogP contribution in [0.1, 0.15) is 88.1 Å². The summed E-state index contributed by atoms with van der Waals surface area (Å²) in [6.45, 7) is 7.70. The first kappa shape index (κ1) is 19.0. The average Bonchev–Trinajstić information content (AvgIpc) is 2.80. The van der Waals surface area contributed by atoms with E-state index < -0.39 is 0 Å². The third-order valence-electron chi connectivity index (χ3n) is 3.96. The van der Waals surface area contributed by atoms with Gasteiger partial charge in [0.05, 0.1) is 4.34 Å². The molecule has 3 heteroatoms. The molecule has 0 fully saturated rings. The molecule has 21 heavy (non-hydrogen) atoms. The zero-order valence-corrected chi connectivity index (χ0v) is 15.6. The lowest BCUT2D eigenvalue weighted by molar-refractivity contribution is 0.471. The minimum Gasteiger partial charge on any atom is -0.309 e. The number of aryl methyl sites for hydroxylation is 1. The van der Waals surface area contributed by atoms with Crippen LogP contribution in [0.15, 0.2) is 6.07 Å². The molecule has 1 heterocycles. The van der Waals surface area contributed by atoms with Crippen molar-refractivity contribution in [2.45, 2.75) is 84.6 Å². The van der Waals surface area contributed by atoms with Crippen molar-refractivity contribution in [3.63, 3.8) is 0 Å². The number of unbranched alkanes of at least 4 members (excludes halogenated alkanes) is 6. The number of hydrogen-bond donors (Lipinski definition) is 1. The van der Waals surface area contributed by atoms with Gasteiger partial charge in [0, 0.05) is 10.9 Å². The predicted octanol–water partition coefficient (Wildman–Crippen LogP) is 6.89. The molecule has 1 rings (SSSR count). The van der Waals surface area contributed by atoms with Gasteiger partial charge < -0.3 is 5.32 Å². The lowest BCUT2D eigenvalue weighted by Gasteiger charge is -2.17. The second kappa shape index (κ2) is 11.5. The van der Waals surface area contributed by atoms with E-state index in [-0.39, 0.29) is 0 Å². The van der Waals surface area contributed by atoms with Gasteiger partial charge in [0.15, 0.2) is 0 Å². The van der Waals surface area contributed by atoms with Gasteiger partial charge in [0.1, 0.15) is 0 Å². The van der Waals surface area contributed by atoms with Crippen LogP contribution >= 0.6 is 22.9 Å². The molecule has 0 aliphatic rings. The summed E-state index contributed by atoms with van der Waals surface area (Å²) in [5, 5.41) is 3.69. The lowest BCUT2D eigenvalue weighted by atomic mass is 10.0. The molecule has 0 aliphatic carbocycles. The Morgan fingerprint density at radius 3 is 2.29 bits per heavy atom. The molecular weight excluding hydrogens is 298 g/mol. The van der Waals surface area contributed by atoms with Gasteiger partial charge in [-0.1, -0.05) is 70.4 Å². The zero-order chi connectivity index (χ0) is 15.5. The van der Waals surface area contributed by atoms with E-state index in [4.69, 9.17) is 11.6 Å². The predicted molar refractivity (Wildman–Crippen MR) is 97.7 cm³/mol. The van der Waals surface area contributed by atoms with Crippen LogP contribution in [-0.2, 0) is 0 Å². The van der Waals surface area contributed by atoms with E-state index in [1.807, 2.05) is 0 Å². The summed E-state index contributed by atoms with van der Waals surface area (Å²) in [5.41, 5.74) is 1.22. The molecule has 0 saturated heterocycles. The molecule has 1 nitrogen and oxygen atoms in total. The Kier molecular flexibility index (Phi) is 10.4. The second-order valence-corrected chi connectivity index (χ2v) is 7.71. The number of thiophene rings is 1. The molecule has 1 aromatic rings. The first-order chi connectivity index (χ1) is 10.2. The summed E-state index contributed by atoms with van der Waals surface area (Å²) in [6, 6.07) is 2.76. The van der Waals surface area contributed by atoms with Gasteiger partial charge in [0.2, 0.25) is 0 Å². The van der Waals surface area contributed by atoms with Gasteiger partial charge in [-0.25, -0.2) is 0 Å². The third kappa shape index (κ3) is 7.67. The van der Waals surface area contributed by atoms with Crippen molar-refractivity contribution in [1.29, 1.82) is 0 Å². The molecule has 0 spiro atoms. The van der Waals surface area contributed by atoms with Crippen molar-refractivity contribution in [3.8, 4) is 0 Å². The molecule has 0 amide bonds. The first-order valence-corrected chi connectivity index (χ1v) is 9.87. The van der Waals surface area contributed by atoms with E-state index >= 15 is 0 Å². The highest BCUT2D eigenvalue weighted by Gasteiger charge is 2.14. The van der Waals surface area contributed by atoms with E-state index in [9.17, 15) is 0 Å². The van der Waals surface area contributed by atoms with Crippen LogP contribution in [0.5, 0.6) is 0 Å². The molecule has 1 aromatic heterocycles. The van der Waals surface area contributed by atoms with Crippen molar-refractivity contribution in [2.24, 2.45) is 0 Å². The fraction of sp³-hybridized carbons (Fsp3) is 0.778. The largest absolute Gasteiger partial charge is 0.309 e. The Morgan fingerprint density at radius 1 is 1.05 bits per heavy atom. The van der Waals surface area contributed by atoms with Crippen LogP contribution < -0.4 is 5.32 Å². The van der Waals surface area contributed by atoms with Crippen LogP contribution in [-0.4, -0.2) is 6.54 Å². The summed E-state index contributed by atoms with van der Waals surface area (Å²) in [6.07, 6.45) is 12.1. The number of rotatable bonds is 12. The molecule has 1 unspecified atom stereocenters. The molecule has 0 saturated carbocycles. The summed E-state index contributed by atoms with van der Waals surface area (Å²) in [7, 11) is 0. The van der Waals surface area contributed by atoms with E-state index in [0.29, 0.717) is 6.04 Å². The van der Waals surface area contributed by atoms with Gasteiger partial charge >= 0.3 is 0 Å². The van der Waals surface area contributed by atoms with Crippen molar-refractivity contribution in [1.82, 2.24) is 5.32 Å². The normalized spacial score (nSPS) is 12.8. The van der Waals surface area contributed by atoms with Crippen molar-refractivity contribution in [3.05, 3.63) is 20.8 Å². The Bertz CT molecular complexity index is 356. The summed E-state index contributed by atoms with van der Waals surface area (Å²) in [4.78, 5) is 1.41. The molecule has 1 atom stereocenters. The van der Waals surface area contributed by atoms with Crippen LogP contribution in [0.25, 0.3) is 0 Å². The molecule has 1 N–H and O–H groups in total. The van der Waals surface area contributed by atoms with E-state index in [1.54, 1.807) is 11.3 Å². The molecule has 0 aliphatic heterocycles. The Labute approximate surface area is 140 Å². The van der Waals surface area contributed by atoms with Crippen molar-refractivity contribution < 1.29 is 0 Å². The molecule has 0 bridgehead atoms. The minimum absolute atomic E-state index is 0.497. The second-order valence-electron chi connectivity index (χ2n) is 6.02. The van der Waals surface area contributed by atoms with Gasteiger partial charge in [-0.05, 0) is 37.9 Å². The van der Waals surface area contributed by atoms with Gasteiger partial charge in [-0.15, -0.1) is 11.3 Å². The maximum Gasteiger partial charge on any atom is 0.0960 e. The van der Waals surface area contributed by atoms with Gasteiger partial charge in [-0.2, -0.15) is 0 Å². The zero-order valence-electron chi connectivity index (χ0n) is 14.0. The molecule has 122 valence electrons. The van der Waals surface area contributed by atoms with Crippen LogP contribution in [0.4, 0.5) is 0 Å². The smallest absolute Gasteiger partial charge is 0.0960 e. The number of nitrogens with one attached hydrogen (secondary N) is 1. The standard InChI is InChI=1S/C18H32ClNS/c1-4-6-7-8-9-10-11-12-16(20-13-5-2)17-14-15(3)18(19)21-17/h14,16,20H,4-13H2,1-3H3. The highest BCUT2D eigenvalue weighted by molar-refractivity contribution is 7.16. The lowest BCUT2D eigenvalue weighted by Crippen LogP contribution is -2.21. The van der Waals surface area contributed by atoms with E-state index in [0.717, 1.165) is 10.9 Å². The van der Waals surface area contributed by atoms with E-state index in [1.165, 1.54) is 68.2 Å². The van der Waals surface area contributed by atoms with Crippen LogP contribution in [0.2, 0.25) is 4.34 Å². The fourth-order valence-electron chi connectivity index (χ4n) is 2.62. The maximum absolute atomic E-state index is 6.23. The number of halogens is 1. The summed E-state index contributed by atoms with van der Waals surface area (Å²) < 4.78 is 0.952. The molecule has 0 radical (unpaired) electrons. The van der Waals surface area contributed by atoms with Crippen LogP contribution in [0.3, 0.4) is 0 Å². The summed E-state index contributed by atoms with van der Waals surface area (Å²) in [5.74, 6) is 0. The van der Waals surface area contributed by atoms with Gasteiger partial charge in [0.25, 0.3) is 0 Å². The van der Waals surface area contributed by atoms with E-state index in [2.05, 4.69) is 32.2 Å². The fourth-order valence-corrected chi connectivity index (χ4v) is 3.95. The Hall–Kier alpha value is -0.0500. The minimum atomic E-state index is 0.497. The quantitative estimate of drug-likeness (QED) is 0.411. The first-order valence-electron chi connectivity index (χ1n) is 8.68. The summed E-state index contributed by atoms with van der Waals surface area (Å²) >= 11 is 7.98. The maximum atomic E-state index is 6.23. The highest BCUT2D eigenvalue weighted by atomic mass is 35.5. The Morgan fingerprint density at radius 2 is 1.71 bits per heavy atom. The number of hydrogen-bond acceptors (Lipinski definition) is 2. The Balaban J connectivity index is 2.33. The van der Waals surface area contributed by atoms with Crippen molar-refractivity contribution in [2.75, 3.05) is 6.54 Å². The van der Waals surface area contributed by atoms with Gasteiger partial charge in [-0.3, -0.25) is 0 Å². The molecular formula is C18H32ClNS. The molecule has 0 aromatic carbocycles. The van der Waals surface area contributed by atoms with Crippen molar-refractivity contribution >= 4 is 22.9 Å². The monoisotopic (exact) mass is 329 g/mol. The topological polar surface area (TPSA) is 12.0 Å². The average molecular weight is 330 g/mol. The SMILES string of the molecule is CCCCCCCCCC(NCCC)c1cc(C)c(Cl)s1. The third-order valence-corrected chi connectivity index (χ3v) is 5.63.